The fourth-order valence-corrected chi connectivity index (χ4v) is 2.27. The molecule has 0 aromatic carbocycles. The third-order valence-corrected chi connectivity index (χ3v) is 3.53. The number of hydrazine groups is 1. The van der Waals surface area contributed by atoms with Crippen LogP contribution in [0.3, 0.4) is 0 Å². The maximum Gasteiger partial charge on any atom is 0.301 e. The van der Waals surface area contributed by atoms with Gasteiger partial charge in [-0.05, 0) is 40.9 Å². The van der Waals surface area contributed by atoms with Crippen LogP contribution in [0.4, 0.5) is 0 Å². The second-order valence-corrected chi connectivity index (χ2v) is 5.48. The van der Waals surface area contributed by atoms with Crippen LogP contribution in [0.1, 0.15) is 28.2 Å². The molecule has 2 rings (SSSR count). The van der Waals surface area contributed by atoms with Crippen LogP contribution >= 0.6 is 0 Å². The summed E-state index contributed by atoms with van der Waals surface area (Å²) in [5, 5.41) is 5.16. The van der Waals surface area contributed by atoms with Gasteiger partial charge in [0.05, 0.1) is 5.39 Å². The van der Waals surface area contributed by atoms with Gasteiger partial charge < -0.3 is 9.32 Å². The molecule has 1 amide bonds. The molecular formula is C14H23N5O2. The van der Waals surface area contributed by atoms with Gasteiger partial charge in [0.15, 0.2) is 5.76 Å². The Balaban J connectivity index is 1.98. The van der Waals surface area contributed by atoms with Crippen LogP contribution in [-0.2, 0) is 7.05 Å². The Labute approximate surface area is 124 Å². The largest absolute Gasteiger partial charge is 0.431 e. The maximum atomic E-state index is 12.1. The molecule has 2 N–H and O–H groups in total. The van der Waals surface area contributed by atoms with Crippen molar-refractivity contribution >= 4 is 17.0 Å². The SMILES string of the molecule is Cc1c(C(=O)NNCCCN(C)C)oc2nn(C)c(C)c12. The van der Waals surface area contributed by atoms with E-state index in [-0.39, 0.29) is 5.91 Å². The molecule has 0 atom stereocenters. The predicted molar refractivity (Wildman–Crippen MR) is 81.1 cm³/mol. The van der Waals surface area contributed by atoms with Crippen LogP contribution < -0.4 is 10.9 Å². The molecule has 21 heavy (non-hydrogen) atoms. The zero-order valence-corrected chi connectivity index (χ0v) is 13.3. The summed E-state index contributed by atoms with van der Waals surface area (Å²) in [7, 11) is 5.90. The molecule has 0 spiro atoms. The number of furan rings is 1. The normalized spacial score (nSPS) is 11.5. The Kier molecular flexibility index (Phi) is 4.64. The zero-order chi connectivity index (χ0) is 15.6. The van der Waals surface area contributed by atoms with Crippen molar-refractivity contribution in [3.8, 4) is 0 Å². The van der Waals surface area contributed by atoms with Gasteiger partial charge in [0.25, 0.3) is 0 Å². The molecule has 7 heteroatoms. The fourth-order valence-electron chi connectivity index (χ4n) is 2.27. The fraction of sp³-hybridized carbons (Fsp3) is 0.571. The molecule has 0 aliphatic rings. The number of amides is 1. The Morgan fingerprint density at radius 3 is 2.71 bits per heavy atom. The van der Waals surface area contributed by atoms with E-state index in [0.717, 1.165) is 29.6 Å². The van der Waals surface area contributed by atoms with Crippen LogP contribution in [0, 0.1) is 13.8 Å². The van der Waals surface area contributed by atoms with E-state index >= 15 is 0 Å². The highest BCUT2D eigenvalue weighted by Crippen LogP contribution is 2.26. The average Bonchev–Trinajstić information content (AvgIpc) is 2.87. The zero-order valence-electron chi connectivity index (χ0n) is 13.3. The van der Waals surface area contributed by atoms with E-state index in [2.05, 4.69) is 20.9 Å². The van der Waals surface area contributed by atoms with Crippen molar-refractivity contribution in [2.24, 2.45) is 7.05 Å². The summed E-state index contributed by atoms with van der Waals surface area (Å²) >= 11 is 0. The van der Waals surface area contributed by atoms with Crippen LogP contribution in [-0.4, -0.2) is 47.8 Å². The highest BCUT2D eigenvalue weighted by atomic mass is 16.4. The molecule has 0 aliphatic carbocycles. The molecule has 0 aliphatic heterocycles. The van der Waals surface area contributed by atoms with Crippen LogP contribution in [0.2, 0.25) is 0 Å². The molecule has 2 aromatic rings. The summed E-state index contributed by atoms with van der Waals surface area (Å²) in [4.78, 5) is 14.2. The van der Waals surface area contributed by atoms with E-state index in [1.165, 1.54) is 0 Å². The van der Waals surface area contributed by atoms with Gasteiger partial charge in [-0.1, -0.05) is 0 Å². The van der Waals surface area contributed by atoms with Crippen molar-refractivity contribution in [2.75, 3.05) is 27.2 Å². The number of aromatic nitrogens is 2. The van der Waals surface area contributed by atoms with E-state index in [1.54, 1.807) is 4.68 Å². The standard InChI is InChI=1S/C14H23N5O2/c1-9-11-10(2)19(5)17-14(11)21-12(9)13(20)16-15-7-6-8-18(3)4/h15H,6-8H2,1-5H3,(H,16,20). The highest BCUT2D eigenvalue weighted by Gasteiger charge is 2.21. The molecule has 0 fully saturated rings. The van der Waals surface area contributed by atoms with E-state index in [9.17, 15) is 4.79 Å². The van der Waals surface area contributed by atoms with Gasteiger partial charge in [0.2, 0.25) is 5.71 Å². The van der Waals surface area contributed by atoms with Crippen molar-refractivity contribution in [3.63, 3.8) is 0 Å². The van der Waals surface area contributed by atoms with Crippen molar-refractivity contribution in [1.29, 1.82) is 0 Å². The number of rotatable bonds is 6. The molecule has 0 radical (unpaired) electrons. The third kappa shape index (κ3) is 3.25. The van der Waals surface area contributed by atoms with Gasteiger partial charge in [0, 0.05) is 24.8 Å². The Bertz CT molecular complexity index is 641. The van der Waals surface area contributed by atoms with Crippen LogP contribution in [0.25, 0.3) is 11.1 Å². The van der Waals surface area contributed by atoms with Crippen LogP contribution in [0.5, 0.6) is 0 Å². The summed E-state index contributed by atoms with van der Waals surface area (Å²) in [5.41, 5.74) is 7.90. The Morgan fingerprint density at radius 2 is 2.10 bits per heavy atom. The lowest BCUT2D eigenvalue weighted by Gasteiger charge is -2.10. The van der Waals surface area contributed by atoms with Crippen molar-refractivity contribution in [3.05, 3.63) is 17.0 Å². The first kappa shape index (κ1) is 15.5. The van der Waals surface area contributed by atoms with Gasteiger partial charge in [-0.3, -0.25) is 14.9 Å². The van der Waals surface area contributed by atoms with Crippen LogP contribution in [0.15, 0.2) is 4.42 Å². The highest BCUT2D eigenvalue weighted by molar-refractivity contribution is 5.98. The number of carbonyl (C=O) groups is 1. The smallest absolute Gasteiger partial charge is 0.301 e. The molecule has 0 bridgehead atoms. The Morgan fingerprint density at radius 1 is 1.38 bits per heavy atom. The molecule has 0 saturated heterocycles. The molecule has 7 nitrogen and oxygen atoms in total. The van der Waals surface area contributed by atoms with E-state index in [1.807, 2.05) is 35.0 Å². The second-order valence-electron chi connectivity index (χ2n) is 5.48. The number of nitrogens with zero attached hydrogens (tertiary/aromatic N) is 3. The molecule has 116 valence electrons. The topological polar surface area (TPSA) is 75.3 Å². The molecular weight excluding hydrogens is 270 g/mol. The van der Waals surface area contributed by atoms with Crippen molar-refractivity contribution < 1.29 is 9.21 Å². The summed E-state index contributed by atoms with van der Waals surface area (Å²) in [5.74, 6) is 0.0497. The number of fused-ring (bicyclic) bond motifs is 1. The quantitative estimate of drug-likeness (QED) is 0.613. The number of aryl methyl sites for hydroxylation is 3. The molecule has 2 heterocycles. The summed E-state index contributed by atoms with van der Waals surface area (Å²) < 4.78 is 7.32. The maximum absolute atomic E-state index is 12.1. The lowest BCUT2D eigenvalue weighted by atomic mass is 10.2. The second kappa shape index (κ2) is 6.28. The molecule has 0 saturated carbocycles. The van der Waals surface area contributed by atoms with Gasteiger partial charge in [-0.2, -0.15) is 0 Å². The summed E-state index contributed by atoms with van der Waals surface area (Å²) in [6, 6.07) is 0. The average molecular weight is 293 g/mol. The van der Waals surface area contributed by atoms with Crippen molar-refractivity contribution in [1.82, 2.24) is 25.5 Å². The number of hydrogen-bond acceptors (Lipinski definition) is 5. The lowest BCUT2D eigenvalue weighted by Crippen LogP contribution is -2.38. The third-order valence-electron chi connectivity index (χ3n) is 3.53. The summed E-state index contributed by atoms with van der Waals surface area (Å²) in [6.07, 6.45) is 0.952. The molecule has 2 aromatic heterocycles. The number of nitrogens with one attached hydrogen (secondary N) is 2. The summed E-state index contributed by atoms with van der Waals surface area (Å²) in [6.45, 7) is 5.51. The Hall–Kier alpha value is -1.86. The first-order valence-electron chi connectivity index (χ1n) is 7.02. The minimum absolute atomic E-state index is 0.266. The first-order valence-corrected chi connectivity index (χ1v) is 7.02. The van der Waals surface area contributed by atoms with Gasteiger partial charge >= 0.3 is 5.91 Å². The number of hydrogen-bond donors (Lipinski definition) is 2. The predicted octanol–water partition coefficient (Wildman–Crippen LogP) is 0.969. The van der Waals surface area contributed by atoms with Gasteiger partial charge in [-0.25, -0.2) is 5.43 Å². The van der Waals surface area contributed by atoms with Crippen molar-refractivity contribution in [2.45, 2.75) is 20.3 Å². The monoisotopic (exact) mass is 293 g/mol. The minimum atomic E-state index is -0.266. The van der Waals surface area contributed by atoms with E-state index < -0.39 is 0 Å². The van der Waals surface area contributed by atoms with Gasteiger partial charge in [0.1, 0.15) is 0 Å². The van der Waals surface area contributed by atoms with Gasteiger partial charge in [-0.15, -0.1) is 5.10 Å². The van der Waals surface area contributed by atoms with E-state index in [4.69, 9.17) is 4.42 Å². The molecule has 0 unspecified atom stereocenters. The minimum Gasteiger partial charge on any atom is -0.431 e. The number of carbonyl (C=O) groups excluding carboxylic acids is 1. The van der Waals surface area contributed by atoms with E-state index in [0.29, 0.717) is 18.0 Å². The lowest BCUT2D eigenvalue weighted by molar-refractivity contribution is 0.0905. The first-order chi connectivity index (χ1) is 9.91.